The summed E-state index contributed by atoms with van der Waals surface area (Å²) in [6.45, 7) is 9.09. The van der Waals surface area contributed by atoms with E-state index in [9.17, 15) is 0 Å². The van der Waals surface area contributed by atoms with E-state index < -0.39 is 0 Å². The van der Waals surface area contributed by atoms with Gasteiger partial charge < -0.3 is 10.6 Å². The maximum Gasteiger partial charge on any atom is 0.191 e. The van der Waals surface area contributed by atoms with Crippen LogP contribution in [0.25, 0.3) is 0 Å². The maximum atomic E-state index is 4.38. The lowest BCUT2D eigenvalue weighted by Gasteiger charge is -2.21. The molecule has 0 spiro atoms. The summed E-state index contributed by atoms with van der Waals surface area (Å²) in [4.78, 5) is 7.05. The van der Waals surface area contributed by atoms with Crippen molar-refractivity contribution in [1.82, 2.24) is 15.5 Å². The molecule has 1 heterocycles. The highest BCUT2D eigenvalue weighted by atomic mass is 127. The first-order chi connectivity index (χ1) is 9.67. The molecule has 5 heteroatoms. The zero-order valence-corrected chi connectivity index (χ0v) is 16.4. The summed E-state index contributed by atoms with van der Waals surface area (Å²) in [6, 6.07) is 2.15. The summed E-state index contributed by atoms with van der Waals surface area (Å²) < 4.78 is 0. The molecule has 124 valence electrons. The summed E-state index contributed by atoms with van der Waals surface area (Å²) >= 11 is 0. The second kappa shape index (κ2) is 9.18. The molecule has 2 aliphatic rings. The molecule has 2 rings (SSSR count). The van der Waals surface area contributed by atoms with Crippen molar-refractivity contribution in [3.63, 3.8) is 0 Å². The minimum Gasteiger partial charge on any atom is -0.356 e. The topological polar surface area (TPSA) is 39.7 Å². The van der Waals surface area contributed by atoms with Crippen LogP contribution in [0, 0.1) is 5.92 Å². The molecule has 0 aromatic rings. The third-order valence-corrected chi connectivity index (χ3v) is 4.92. The summed E-state index contributed by atoms with van der Waals surface area (Å²) in [6.07, 6.45) is 6.51. The van der Waals surface area contributed by atoms with Gasteiger partial charge in [-0.25, -0.2) is 0 Å². The molecule has 1 saturated carbocycles. The fourth-order valence-electron chi connectivity index (χ4n) is 3.28. The Labute approximate surface area is 147 Å². The number of hydrogen-bond acceptors (Lipinski definition) is 2. The molecule has 2 unspecified atom stereocenters. The van der Waals surface area contributed by atoms with Crippen molar-refractivity contribution >= 4 is 29.9 Å². The highest BCUT2D eigenvalue weighted by molar-refractivity contribution is 14.0. The molecule has 4 nitrogen and oxygen atoms in total. The third-order valence-electron chi connectivity index (χ3n) is 4.92. The predicted molar refractivity (Wildman–Crippen MR) is 102 cm³/mol. The second-order valence-electron chi connectivity index (χ2n) is 6.49. The van der Waals surface area contributed by atoms with Gasteiger partial charge in [-0.15, -0.1) is 24.0 Å². The summed E-state index contributed by atoms with van der Waals surface area (Å²) in [5.74, 6) is 1.73. The molecule has 0 amide bonds. The van der Waals surface area contributed by atoms with Crippen LogP contribution < -0.4 is 10.6 Å². The minimum atomic E-state index is 0. The first-order valence-corrected chi connectivity index (χ1v) is 8.40. The van der Waals surface area contributed by atoms with Gasteiger partial charge in [0.25, 0.3) is 0 Å². The molecule has 0 aromatic carbocycles. The lowest BCUT2D eigenvalue weighted by atomic mass is 10.0. The quantitative estimate of drug-likeness (QED) is 0.404. The fraction of sp³-hybridized carbons (Fsp3) is 0.938. The lowest BCUT2D eigenvalue weighted by molar-refractivity contribution is 0.256. The van der Waals surface area contributed by atoms with Crippen LogP contribution in [-0.2, 0) is 0 Å². The normalized spacial score (nSPS) is 26.8. The Morgan fingerprint density at radius 1 is 1.29 bits per heavy atom. The number of nitrogens with one attached hydrogen (secondary N) is 2. The lowest BCUT2D eigenvalue weighted by Crippen LogP contribution is -2.45. The Balaban J connectivity index is 0.00000220. The van der Waals surface area contributed by atoms with E-state index in [0.717, 1.165) is 30.5 Å². The number of likely N-dealkylation sites (tertiary alicyclic amines) is 1. The number of rotatable bonds is 6. The van der Waals surface area contributed by atoms with Gasteiger partial charge in [0, 0.05) is 38.3 Å². The van der Waals surface area contributed by atoms with Crippen molar-refractivity contribution in [3.05, 3.63) is 0 Å². The van der Waals surface area contributed by atoms with E-state index in [0.29, 0.717) is 6.04 Å². The summed E-state index contributed by atoms with van der Waals surface area (Å²) in [5.41, 5.74) is 0. The average molecular weight is 408 g/mol. The molecule has 1 aliphatic heterocycles. The fourth-order valence-corrected chi connectivity index (χ4v) is 3.28. The van der Waals surface area contributed by atoms with Gasteiger partial charge in [0.05, 0.1) is 0 Å². The van der Waals surface area contributed by atoms with E-state index >= 15 is 0 Å². The van der Waals surface area contributed by atoms with Gasteiger partial charge in [-0.1, -0.05) is 26.7 Å². The molecule has 0 radical (unpaired) electrons. The standard InChI is InChI=1S/C16H32N4.HI/c1-5-13(6-2)10-18-16(17-4)19-14-9-12(3)20(11-14)15-7-8-15;/h12-15H,5-11H2,1-4H3,(H2,17,18,19);1H. The summed E-state index contributed by atoms with van der Waals surface area (Å²) in [7, 11) is 1.87. The van der Waals surface area contributed by atoms with Crippen LogP contribution in [-0.4, -0.2) is 49.1 Å². The molecule has 2 atom stereocenters. The summed E-state index contributed by atoms with van der Waals surface area (Å²) in [5, 5.41) is 7.10. The zero-order valence-electron chi connectivity index (χ0n) is 14.1. The molecule has 2 N–H and O–H groups in total. The predicted octanol–water partition coefficient (Wildman–Crippen LogP) is 2.83. The van der Waals surface area contributed by atoms with Gasteiger partial charge in [-0.2, -0.15) is 0 Å². The first-order valence-electron chi connectivity index (χ1n) is 8.40. The van der Waals surface area contributed by atoms with Crippen molar-refractivity contribution in [2.45, 2.75) is 71.0 Å². The highest BCUT2D eigenvalue weighted by Gasteiger charge is 2.38. The van der Waals surface area contributed by atoms with Gasteiger partial charge in [0.15, 0.2) is 5.96 Å². The smallest absolute Gasteiger partial charge is 0.191 e. The molecule has 1 aliphatic carbocycles. The Bertz CT molecular complexity index is 326. The number of nitrogens with zero attached hydrogens (tertiary/aromatic N) is 2. The van der Waals surface area contributed by atoms with E-state index in [-0.39, 0.29) is 24.0 Å². The van der Waals surface area contributed by atoms with Gasteiger partial charge >= 0.3 is 0 Å². The molecule has 1 saturated heterocycles. The van der Waals surface area contributed by atoms with Crippen LogP contribution in [0.4, 0.5) is 0 Å². The van der Waals surface area contributed by atoms with Crippen molar-refractivity contribution in [2.24, 2.45) is 10.9 Å². The second-order valence-corrected chi connectivity index (χ2v) is 6.49. The monoisotopic (exact) mass is 408 g/mol. The van der Waals surface area contributed by atoms with E-state index in [1.165, 1.54) is 38.6 Å². The third kappa shape index (κ3) is 5.58. The Hall–Kier alpha value is -0.0400. The van der Waals surface area contributed by atoms with Crippen LogP contribution in [0.5, 0.6) is 0 Å². The Kier molecular flexibility index (Phi) is 8.31. The van der Waals surface area contributed by atoms with Gasteiger partial charge in [-0.3, -0.25) is 9.89 Å². The molecule has 21 heavy (non-hydrogen) atoms. The van der Waals surface area contributed by atoms with Gasteiger partial charge in [0.2, 0.25) is 0 Å². The van der Waals surface area contributed by atoms with Crippen molar-refractivity contribution in [1.29, 1.82) is 0 Å². The van der Waals surface area contributed by atoms with E-state index in [4.69, 9.17) is 0 Å². The van der Waals surface area contributed by atoms with Gasteiger partial charge in [-0.05, 0) is 32.1 Å². The Morgan fingerprint density at radius 3 is 2.48 bits per heavy atom. The molecular weight excluding hydrogens is 375 g/mol. The molecular formula is C16H33IN4. The number of halogens is 1. The van der Waals surface area contributed by atoms with Crippen LogP contribution in [0.1, 0.15) is 52.9 Å². The molecule has 2 fully saturated rings. The SMILES string of the molecule is CCC(CC)CNC(=NC)NC1CC(C)N(C2CC2)C1.I. The largest absolute Gasteiger partial charge is 0.356 e. The maximum absolute atomic E-state index is 4.38. The van der Waals surface area contributed by atoms with Gasteiger partial charge in [0.1, 0.15) is 0 Å². The zero-order chi connectivity index (χ0) is 14.5. The molecule has 0 aromatic heterocycles. The van der Waals surface area contributed by atoms with Crippen molar-refractivity contribution in [2.75, 3.05) is 20.1 Å². The van der Waals surface area contributed by atoms with Crippen molar-refractivity contribution < 1.29 is 0 Å². The van der Waals surface area contributed by atoms with Crippen LogP contribution in [0.15, 0.2) is 4.99 Å². The minimum absolute atomic E-state index is 0. The number of aliphatic imine (C=N–C) groups is 1. The van der Waals surface area contributed by atoms with E-state index in [2.05, 4.69) is 41.3 Å². The van der Waals surface area contributed by atoms with Crippen LogP contribution in [0.2, 0.25) is 0 Å². The average Bonchev–Trinajstić information content (AvgIpc) is 3.23. The molecule has 0 bridgehead atoms. The highest BCUT2D eigenvalue weighted by Crippen LogP contribution is 2.33. The Morgan fingerprint density at radius 2 is 1.95 bits per heavy atom. The number of guanidine groups is 1. The van der Waals surface area contributed by atoms with Crippen LogP contribution >= 0.6 is 24.0 Å². The van der Waals surface area contributed by atoms with E-state index in [1.54, 1.807) is 0 Å². The van der Waals surface area contributed by atoms with Crippen molar-refractivity contribution in [3.8, 4) is 0 Å². The van der Waals surface area contributed by atoms with Crippen LogP contribution in [0.3, 0.4) is 0 Å². The first kappa shape index (κ1) is 19.0. The van der Waals surface area contributed by atoms with E-state index in [1.807, 2.05) is 7.05 Å². The number of hydrogen-bond donors (Lipinski definition) is 2.